The second-order valence-electron chi connectivity index (χ2n) is 4.10. The number of fused-ring (bicyclic) bond motifs is 1. The van der Waals surface area contributed by atoms with Crippen molar-refractivity contribution in [3.63, 3.8) is 0 Å². The van der Waals surface area contributed by atoms with Crippen LogP contribution in [0.25, 0.3) is 0 Å². The van der Waals surface area contributed by atoms with Crippen molar-refractivity contribution in [2.24, 2.45) is 5.92 Å². The molecular weight excluding hydrogens is 155 g/mol. The predicted octanol–water partition coefficient (Wildman–Crippen LogP) is 1.95. The fourth-order valence-corrected chi connectivity index (χ4v) is 2.67. The van der Waals surface area contributed by atoms with Gasteiger partial charge in [0.15, 0.2) is 0 Å². The summed E-state index contributed by atoms with van der Waals surface area (Å²) in [7, 11) is 0. The molecule has 0 aliphatic heterocycles. The molecule has 0 N–H and O–H groups in total. The highest BCUT2D eigenvalue weighted by molar-refractivity contribution is 5.09. The maximum Gasteiger partial charge on any atom is 0.113 e. The van der Waals surface area contributed by atoms with Gasteiger partial charge in [-0.3, -0.25) is 0 Å². The molecule has 3 heteroatoms. The van der Waals surface area contributed by atoms with Gasteiger partial charge in [-0.15, -0.1) is 0 Å². The molecule has 0 amide bonds. The minimum atomic E-state index is -0.820. The number of nitrogens with zero attached hydrogens (tertiary/aromatic N) is 2. The van der Waals surface area contributed by atoms with Gasteiger partial charge in [0.25, 0.3) is 0 Å². The first kappa shape index (κ1) is 6.63. The molecule has 0 radical (unpaired) electrons. The monoisotopic (exact) mass is 166 g/mol. The summed E-state index contributed by atoms with van der Waals surface area (Å²) < 4.78 is 15.5. The van der Waals surface area contributed by atoms with Crippen molar-refractivity contribution in [3.8, 4) is 0 Å². The molecule has 4 rings (SSSR count). The van der Waals surface area contributed by atoms with Crippen molar-refractivity contribution in [3.05, 3.63) is 18.7 Å². The normalized spacial score (nSPS) is 44.4. The first-order valence-electron chi connectivity index (χ1n) is 4.43. The molecule has 64 valence electrons. The van der Waals surface area contributed by atoms with Crippen molar-refractivity contribution in [2.75, 3.05) is 0 Å². The molecule has 12 heavy (non-hydrogen) atoms. The third-order valence-corrected chi connectivity index (χ3v) is 3.28. The lowest BCUT2D eigenvalue weighted by Gasteiger charge is -2.30. The Morgan fingerprint density at radius 3 is 2.75 bits per heavy atom. The van der Waals surface area contributed by atoms with Crippen molar-refractivity contribution >= 4 is 0 Å². The van der Waals surface area contributed by atoms with Gasteiger partial charge in [0.1, 0.15) is 5.67 Å². The third kappa shape index (κ3) is 0.713. The first-order valence-corrected chi connectivity index (χ1v) is 4.43. The zero-order valence-electron chi connectivity index (χ0n) is 6.78. The summed E-state index contributed by atoms with van der Waals surface area (Å²) in [6.07, 6.45) is 7.75. The van der Waals surface area contributed by atoms with Gasteiger partial charge in [-0.1, -0.05) is 0 Å². The van der Waals surface area contributed by atoms with Crippen molar-refractivity contribution in [2.45, 2.75) is 31.0 Å². The number of rotatable bonds is 1. The van der Waals surface area contributed by atoms with E-state index in [0.29, 0.717) is 18.4 Å². The summed E-state index contributed by atoms with van der Waals surface area (Å²) in [5, 5.41) is 0. The molecular formula is C9H11FN2. The standard InChI is InChI=1S/C9H11FN2/c10-9-3-7(4-9)8(5-9)12-2-1-11-6-12/h1-2,6-8H,3-5H2. The number of alkyl halides is 1. The lowest BCUT2D eigenvalue weighted by Crippen LogP contribution is -2.29. The number of hydrogen-bond donors (Lipinski definition) is 0. The molecule has 0 saturated heterocycles. The average Bonchev–Trinajstić information content (AvgIpc) is 2.55. The summed E-state index contributed by atoms with van der Waals surface area (Å²) in [6.45, 7) is 0. The van der Waals surface area contributed by atoms with Crippen LogP contribution in [-0.4, -0.2) is 15.2 Å². The molecule has 2 bridgehead atoms. The van der Waals surface area contributed by atoms with Crippen LogP contribution in [-0.2, 0) is 0 Å². The molecule has 1 heterocycles. The molecule has 1 atom stereocenters. The van der Waals surface area contributed by atoms with Gasteiger partial charge in [0.05, 0.1) is 6.33 Å². The van der Waals surface area contributed by atoms with Crippen LogP contribution in [0.2, 0.25) is 0 Å². The van der Waals surface area contributed by atoms with Crippen LogP contribution in [0.3, 0.4) is 0 Å². The van der Waals surface area contributed by atoms with Crippen LogP contribution in [0, 0.1) is 5.92 Å². The topological polar surface area (TPSA) is 17.8 Å². The van der Waals surface area contributed by atoms with Gasteiger partial charge < -0.3 is 4.57 Å². The molecule has 3 aliphatic rings. The second-order valence-corrected chi connectivity index (χ2v) is 4.10. The van der Waals surface area contributed by atoms with Crippen LogP contribution in [0.1, 0.15) is 25.3 Å². The van der Waals surface area contributed by atoms with E-state index in [2.05, 4.69) is 9.55 Å². The zero-order chi connectivity index (χ0) is 8.18. The van der Waals surface area contributed by atoms with Crippen molar-refractivity contribution < 1.29 is 4.39 Å². The Kier molecular flexibility index (Phi) is 1.05. The highest BCUT2D eigenvalue weighted by Gasteiger charge is 2.57. The van der Waals surface area contributed by atoms with Crippen molar-refractivity contribution in [1.29, 1.82) is 0 Å². The average molecular weight is 166 g/mol. The Morgan fingerprint density at radius 1 is 1.42 bits per heavy atom. The summed E-state index contributed by atoms with van der Waals surface area (Å²) in [5.74, 6) is 0.573. The lowest BCUT2D eigenvalue weighted by molar-refractivity contribution is 0.0741. The van der Waals surface area contributed by atoms with Gasteiger partial charge in [-0.25, -0.2) is 9.37 Å². The number of aromatic nitrogens is 2. The Labute approximate surface area is 70.4 Å². The summed E-state index contributed by atoms with van der Waals surface area (Å²) in [6, 6.07) is 0.387. The van der Waals surface area contributed by atoms with Crippen molar-refractivity contribution in [1.82, 2.24) is 9.55 Å². The molecule has 2 nitrogen and oxygen atoms in total. The number of halogens is 1. The highest BCUT2D eigenvalue weighted by Crippen LogP contribution is 2.59. The molecule has 1 aromatic rings. The summed E-state index contributed by atoms with van der Waals surface area (Å²) in [5.41, 5.74) is -0.820. The third-order valence-electron chi connectivity index (χ3n) is 3.28. The van der Waals surface area contributed by atoms with E-state index in [4.69, 9.17) is 0 Å². The minimum Gasteiger partial charge on any atom is -0.334 e. The van der Waals surface area contributed by atoms with Crippen LogP contribution >= 0.6 is 0 Å². The van der Waals surface area contributed by atoms with E-state index in [0.717, 1.165) is 12.8 Å². The fraction of sp³-hybridized carbons (Fsp3) is 0.667. The molecule has 3 saturated carbocycles. The molecule has 0 spiro atoms. The van der Waals surface area contributed by atoms with Gasteiger partial charge in [0, 0.05) is 24.9 Å². The van der Waals surface area contributed by atoms with E-state index in [1.165, 1.54) is 0 Å². The van der Waals surface area contributed by atoms with Gasteiger partial charge in [-0.05, 0) is 18.8 Å². The van der Waals surface area contributed by atoms with Gasteiger partial charge in [0.2, 0.25) is 0 Å². The second kappa shape index (κ2) is 1.90. The number of imidazole rings is 1. The SMILES string of the molecule is FC12CC(C1)C(n1ccnc1)C2. The molecule has 0 aromatic carbocycles. The lowest BCUT2D eigenvalue weighted by atomic mass is 9.81. The van der Waals surface area contributed by atoms with Crippen LogP contribution in [0.4, 0.5) is 4.39 Å². The maximum absolute atomic E-state index is 13.5. The highest BCUT2D eigenvalue weighted by atomic mass is 19.1. The Bertz CT molecular complexity index is 287. The molecule has 3 aliphatic carbocycles. The minimum absolute atomic E-state index is 0.387. The van der Waals surface area contributed by atoms with E-state index in [1.807, 2.05) is 6.20 Å². The summed E-state index contributed by atoms with van der Waals surface area (Å²) in [4.78, 5) is 3.98. The van der Waals surface area contributed by atoms with E-state index in [9.17, 15) is 4.39 Å². The van der Waals surface area contributed by atoms with E-state index < -0.39 is 5.67 Å². The summed E-state index contributed by atoms with van der Waals surface area (Å²) >= 11 is 0. The molecule has 1 unspecified atom stereocenters. The van der Waals surface area contributed by atoms with E-state index in [1.54, 1.807) is 12.5 Å². The van der Waals surface area contributed by atoms with Crippen LogP contribution in [0.15, 0.2) is 18.7 Å². The van der Waals surface area contributed by atoms with Gasteiger partial charge >= 0.3 is 0 Å². The van der Waals surface area contributed by atoms with E-state index >= 15 is 0 Å². The largest absolute Gasteiger partial charge is 0.334 e. The van der Waals surface area contributed by atoms with E-state index in [-0.39, 0.29) is 0 Å². The quantitative estimate of drug-likeness (QED) is 0.623. The van der Waals surface area contributed by atoms with Crippen LogP contribution in [0.5, 0.6) is 0 Å². The Hall–Kier alpha value is -0.860. The molecule has 1 aromatic heterocycles. The Balaban J connectivity index is 1.89. The fourth-order valence-electron chi connectivity index (χ4n) is 2.67. The Morgan fingerprint density at radius 2 is 2.25 bits per heavy atom. The van der Waals surface area contributed by atoms with Gasteiger partial charge in [-0.2, -0.15) is 0 Å². The number of hydrogen-bond acceptors (Lipinski definition) is 1. The maximum atomic E-state index is 13.5. The predicted molar refractivity (Wildman–Crippen MR) is 42.4 cm³/mol. The smallest absolute Gasteiger partial charge is 0.113 e. The van der Waals surface area contributed by atoms with Crippen LogP contribution < -0.4 is 0 Å². The first-order chi connectivity index (χ1) is 5.77. The zero-order valence-corrected chi connectivity index (χ0v) is 6.78. The molecule has 3 fully saturated rings.